The lowest BCUT2D eigenvalue weighted by Crippen LogP contribution is -2.40. The van der Waals surface area contributed by atoms with Crippen LogP contribution in [0.15, 0.2) is 0 Å². The number of hydrogen-bond donors (Lipinski definition) is 1. The Labute approximate surface area is 88.7 Å². The molecule has 0 aliphatic heterocycles. The summed E-state index contributed by atoms with van der Waals surface area (Å²) in [5, 5.41) is 3.58. The maximum atomic E-state index is 5.46. The van der Waals surface area contributed by atoms with Crippen molar-refractivity contribution in [1.29, 1.82) is 0 Å². The highest BCUT2D eigenvalue weighted by molar-refractivity contribution is 4.99. The molecule has 1 rings (SSSR count). The van der Waals surface area contributed by atoms with Crippen molar-refractivity contribution in [3.05, 3.63) is 0 Å². The standard InChI is InChI=1S/C13H23N/c1-4-11-8-7-9-13(10-11)14-12(5-2)6-3/h2,11-14H,4,6-10H2,1,3H3. The molecule has 0 heterocycles. The third-order valence-corrected chi connectivity index (χ3v) is 3.41. The van der Waals surface area contributed by atoms with Gasteiger partial charge in [0.2, 0.25) is 0 Å². The van der Waals surface area contributed by atoms with Gasteiger partial charge in [0, 0.05) is 6.04 Å². The highest BCUT2D eigenvalue weighted by Gasteiger charge is 2.21. The smallest absolute Gasteiger partial charge is 0.0686 e. The first-order valence-electron chi connectivity index (χ1n) is 6.02. The molecule has 1 nitrogen and oxygen atoms in total. The van der Waals surface area contributed by atoms with E-state index in [0.29, 0.717) is 6.04 Å². The van der Waals surface area contributed by atoms with E-state index in [1.165, 1.54) is 32.1 Å². The van der Waals surface area contributed by atoms with Crippen LogP contribution in [-0.2, 0) is 0 Å². The second kappa shape index (κ2) is 6.09. The fourth-order valence-corrected chi connectivity index (χ4v) is 2.38. The number of rotatable bonds is 4. The monoisotopic (exact) mass is 193 g/mol. The van der Waals surface area contributed by atoms with E-state index in [4.69, 9.17) is 6.42 Å². The van der Waals surface area contributed by atoms with Gasteiger partial charge in [-0.15, -0.1) is 6.42 Å². The normalized spacial score (nSPS) is 29.5. The zero-order chi connectivity index (χ0) is 10.4. The Morgan fingerprint density at radius 2 is 2.21 bits per heavy atom. The summed E-state index contributed by atoms with van der Waals surface area (Å²) in [6, 6.07) is 0.963. The molecule has 3 unspecified atom stereocenters. The molecule has 80 valence electrons. The summed E-state index contributed by atoms with van der Waals surface area (Å²) in [7, 11) is 0. The van der Waals surface area contributed by atoms with Crippen molar-refractivity contribution >= 4 is 0 Å². The molecule has 0 amide bonds. The third-order valence-electron chi connectivity index (χ3n) is 3.41. The minimum absolute atomic E-state index is 0.288. The van der Waals surface area contributed by atoms with Gasteiger partial charge in [-0.25, -0.2) is 0 Å². The molecule has 1 N–H and O–H groups in total. The summed E-state index contributed by atoms with van der Waals surface area (Å²) in [4.78, 5) is 0. The Balaban J connectivity index is 2.33. The summed E-state index contributed by atoms with van der Waals surface area (Å²) in [5.41, 5.74) is 0. The van der Waals surface area contributed by atoms with E-state index < -0.39 is 0 Å². The first-order valence-corrected chi connectivity index (χ1v) is 6.02. The van der Waals surface area contributed by atoms with Gasteiger partial charge in [0.05, 0.1) is 6.04 Å². The van der Waals surface area contributed by atoms with Crippen LogP contribution in [0.25, 0.3) is 0 Å². The summed E-state index contributed by atoms with van der Waals surface area (Å²) in [6.45, 7) is 4.45. The van der Waals surface area contributed by atoms with Crippen LogP contribution >= 0.6 is 0 Å². The SMILES string of the molecule is C#CC(CC)NC1CCCC(CC)C1. The molecule has 0 bridgehead atoms. The maximum Gasteiger partial charge on any atom is 0.0686 e. The molecule has 0 aromatic rings. The van der Waals surface area contributed by atoms with Crippen LogP contribution in [-0.4, -0.2) is 12.1 Å². The van der Waals surface area contributed by atoms with E-state index in [-0.39, 0.29) is 6.04 Å². The van der Waals surface area contributed by atoms with Crippen molar-refractivity contribution in [2.24, 2.45) is 5.92 Å². The van der Waals surface area contributed by atoms with Crippen molar-refractivity contribution in [3.63, 3.8) is 0 Å². The average molecular weight is 193 g/mol. The largest absolute Gasteiger partial charge is 0.301 e. The Hall–Kier alpha value is -0.480. The van der Waals surface area contributed by atoms with E-state index in [0.717, 1.165) is 12.3 Å². The lowest BCUT2D eigenvalue weighted by Gasteiger charge is -2.30. The molecular weight excluding hydrogens is 170 g/mol. The van der Waals surface area contributed by atoms with Crippen LogP contribution in [0.3, 0.4) is 0 Å². The van der Waals surface area contributed by atoms with Crippen molar-refractivity contribution in [2.75, 3.05) is 0 Å². The van der Waals surface area contributed by atoms with E-state index in [9.17, 15) is 0 Å². The first-order chi connectivity index (χ1) is 6.80. The fourth-order valence-electron chi connectivity index (χ4n) is 2.38. The third kappa shape index (κ3) is 3.35. The highest BCUT2D eigenvalue weighted by atomic mass is 14.9. The summed E-state index contributed by atoms with van der Waals surface area (Å²) in [6.07, 6.45) is 13.3. The number of nitrogens with one attached hydrogen (secondary N) is 1. The average Bonchev–Trinajstić information content (AvgIpc) is 2.26. The lowest BCUT2D eigenvalue weighted by atomic mass is 9.84. The van der Waals surface area contributed by atoms with Gasteiger partial charge in [0.1, 0.15) is 0 Å². The highest BCUT2D eigenvalue weighted by Crippen LogP contribution is 2.26. The Bertz CT molecular complexity index is 192. The Morgan fingerprint density at radius 1 is 1.43 bits per heavy atom. The zero-order valence-corrected chi connectivity index (χ0v) is 9.55. The van der Waals surface area contributed by atoms with Crippen molar-refractivity contribution in [1.82, 2.24) is 5.32 Å². The van der Waals surface area contributed by atoms with E-state index in [1.807, 2.05) is 0 Å². The second-order valence-electron chi connectivity index (χ2n) is 4.43. The maximum absolute atomic E-state index is 5.46. The molecule has 3 atom stereocenters. The van der Waals surface area contributed by atoms with Crippen LogP contribution in [0.5, 0.6) is 0 Å². The predicted molar refractivity (Wildman–Crippen MR) is 62.1 cm³/mol. The molecule has 0 aromatic heterocycles. The summed E-state index contributed by atoms with van der Waals surface area (Å²) < 4.78 is 0. The summed E-state index contributed by atoms with van der Waals surface area (Å²) >= 11 is 0. The topological polar surface area (TPSA) is 12.0 Å². The van der Waals surface area contributed by atoms with E-state index >= 15 is 0 Å². The molecule has 1 aliphatic rings. The van der Waals surface area contributed by atoms with Gasteiger partial charge in [0.15, 0.2) is 0 Å². The van der Waals surface area contributed by atoms with Crippen LogP contribution < -0.4 is 5.32 Å². The van der Waals surface area contributed by atoms with Crippen molar-refractivity contribution in [2.45, 2.75) is 64.5 Å². The van der Waals surface area contributed by atoms with Gasteiger partial charge >= 0.3 is 0 Å². The zero-order valence-electron chi connectivity index (χ0n) is 9.55. The quantitative estimate of drug-likeness (QED) is 0.677. The van der Waals surface area contributed by atoms with E-state index in [2.05, 4.69) is 25.1 Å². The molecule has 1 heteroatoms. The van der Waals surface area contributed by atoms with Gasteiger partial charge < -0.3 is 5.32 Å². The molecule has 0 aromatic carbocycles. The van der Waals surface area contributed by atoms with Gasteiger partial charge in [-0.2, -0.15) is 0 Å². The molecule has 1 fully saturated rings. The first kappa shape index (κ1) is 11.6. The van der Waals surface area contributed by atoms with Gasteiger partial charge in [0.25, 0.3) is 0 Å². The molecule has 0 saturated heterocycles. The van der Waals surface area contributed by atoms with Crippen LogP contribution in [0.2, 0.25) is 0 Å². The molecule has 14 heavy (non-hydrogen) atoms. The van der Waals surface area contributed by atoms with Gasteiger partial charge in [-0.1, -0.05) is 39.0 Å². The predicted octanol–water partition coefficient (Wildman–Crippen LogP) is 2.96. The molecular formula is C13H23N. The second-order valence-corrected chi connectivity index (χ2v) is 4.43. The van der Waals surface area contributed by atoms with Crippen molar-refractivity contribution < 1.29 is 0 Å². The lowest BCUT2D eigenvalue weighted by molar-refractivity contribution is 0.271. The Kier molecular flexibility index (Phi) is 5.04. The van der Waals surface area contributed by atoms with Gasteiger partial charge in [-0.05, 0) is 25.2 Å². The number of hydrogen-bond acceptors (Lipinski definition) is 1. The summed E-state index contributed by atoms with van der Waals surface area (Å²) in [5.74, 6) is 3.75. The molecule has 0 radical (unpaired) electrons. The van der Waals surface area contributed by atoms with Crippen LogP contribution in [0, 0.1) is 18.3 Å². The molecule has 1 saturated carbocycles. The minimum Gasteiger partial charge on any atom is -0.301 e. The fraction of sp³-hybridized carbons (Fsp3) is 0.846. The van der Waals surface area contributed by atoms with Crippen molar-refractivity contribution in [3.8, 4) is 12.3 Å². The Morgan fingerprint density at radius 3 is 2.79 bits per heavy atom. The van der Waals surface area contributed by atoms with Crippen LogP contribution in [0.4, 0.5) is 0 Å². The number of terminal acetylenes is 1. The molecule has 1 aliphatic carbocycles. The minimum atomic E-state index is 0.288. The van der Waals surface area contributed by atoms with Crippen LogP contribution in [0.1, 0.15) is 52.4 Å². The molecule has 0 spiro atoms. The van der Waals surface area contributed by atoms with E-state index in [1.54, 1.807) is 0 Å². The van der Waals surface area contributed by atoms with Gasteiger partial charge in [-0.3, -0.25) is 0 Å².